The maximum Gasteiger partial charge on any atom is 0.223 e. The highest BCUT2D eigenvalue weighted by atomic mass is 16.6. The SMILES string of the molecule is [2H]C1([2H])OC([2H])([2H])C1([2H])Oc1ccnc(N)n1. The summed E-state index contributed by atoms with van der Waals surface area (Å²) >= 11 is 0. The Morgan fingerprint density at radius 1 is 1.83 bits per heavy atom. The van der Waals surface area contributed by atoms with Crippen LogP contribution in [0.1, 0.15) is 6.85 Å². The molecule has 0 radical (unpaired) electrons. The second-order valence-corrected chi connectivity index (χ2v) is 1.99. The van der Waals surface area contributed by atoms with E-state index in [4.69, 9.17) is 17.3 Å². The molecule has 5 heteroatoms. The molecule has 0 spiro atoms. The predicted octanol–water partition coefficient (Wildman–Crippen LogP) is -0.164. The predicted molar refractivity (Wildman–Crippen MR) is 41.7 cm³/mol. The molecule has 0 atom stereocenters. The van der Waals surface area contributed by atoms with Crippen LogP contribution in [0.4, 0.5) is 5.95 Å². The smallest absolute Gasteiger partial charge is 0.223 e. The molecule has 1 aliphatic heterocycles. The maximum absolute atomic E-state index is 7.68. The lowest BCUT2D eigenvalue weighted by atomic mass is 10.3. The van der Waals surface area contributed by atoms with E-state index in [2.05, 4.69) is 14.7 Å². The van der Waals surface area contributed by atoms with Gasteiger partial charge in [-0.2, -0.15) is 4.98 Å². The minimum absolute atomic E-state index is 0.118. The Hall–Kier alpha value is -1.36. The minimum atomic E-state index is -2.57. The molecule has 0 unspecified atom stereocenters. The second kappa shape index (κ2) is 2.94. The van der Waals surface area contributed by atoms with E-state index in [1.807, 2.05) is 0 Å². The summed E-state index contributed by atoms with van der Waals surface area (Å²) in [6.45, 7) is -5.15. The van der Waals surface area contributed by atoms with E-state index in [0.717, 1.165) is 0 Å². The van der Waals surface area contributed by atoms with Gasteiger partial charge in [0.25, 0.3) is 0 Å². The monoisotopic (exact) mass is 172 g/mol. The van der Waals surface area contributed by atoms with E-state index >= 15 is 0 Å². The Balaban J connectivity index is 2.28. The van der Waals surface area contributed by atoms with Crippen LogP contribution in [0.25, 0.3) is 0 Å². The summed E-state index contributed by atoms with van der Waals surface area (Å²) in [7, 11) is 0. The summed E-state index contributed by atoms with van der Waals surface area (Å²) in [5, 5.41) is 0. The fourth-order valence-electron chi connectivity index (χ4n) is 0.652. The number of hydrogen-bond donors (Lipinski definition) is 1. The summed E-state index contributed by atoms with van der Waals surface area (Å²) in [6, 6.07) is 1.25. The first-order valence-electron chi connectivity index (χ1n) is 5.66. The van der Waals surface area contributed by atoms with Crippen molar-refractivity contribution in [3.8, 4) is 5.88 Å². The molecule has 5 nitrogen and oxygen atoms in total. The van der Waals surface area contributed by atoms with Crippen LogP contribution in [-0.2, 0) is 4.74 Å². The minimum Gasteiger partial charge on any atom is -0.469 e. The van der Waals surface area contributed by atoms with Gasteiger partial charge in [0, 0.05) is 12.3 Å². The van der Waals surface area contributed by atoms with Gasteiger partial charge in [-0.1, -0.05) is 0 Å². The van der Waals surface area contributed by atoms with E-state index < -0.39 is 19.2 Å². The van der Waals surface area contributed by atoms with Gasteiger partial charge in [-0.3, -0.25) is 0 Å². The van der Waals surface area contributed by atoms with Crippen LogP contribution in [0.15, 0.2) is 12.3 Å². The maximum atomic E-state index is 7.68. The number of hydrogen-bond acceptors (Lipinski definition) is 5. The highest BCUT2D eigenvalue weighted by molar-refractivity contribution is 5.20. The number of nitrogens with zero attached hydrogens (tertiary/aromatic N) is 2. The van der Waals surface area contributed by atoms with Gasteiger partial charge in [-0.15, -0.1) is 0 Å². The van der Waals surface area contributed by atoms with Crippen LogP contribution in [0.3, 0.4) is 0 Å². The zero-order valence-electron chi connectivity index (χ0n) is 10.9. The molecular weight excluding hydrogens is 158 g/mol. The molecule has 0 amide bonds. The third kappa shape index (κ3) is 1.45. The molecule has 64 valence electrons. The molecule has 1 saturated heterocycles. The average Bonchev–Trinajstić information content (AvgIpc) is 2.15. The molecule has 0 aromatic carbocycles. The Labute approximate surface area is 76.6 Å². The largest absolute Gasteiger partial charge is 0.469 e. The van der Waals surface area contributed by atoms with Crippen LogP contribution in [0, 0.1) is 0 Å². The van der Waals surface area contributed by atoms with Gasteiger partial charge in [0.05, 0.1) is 20.0 Å². The van der Waals surface area contributed by atoms with Crippen molar-refractivity contribution in [3.05, 3.63) is 12.3 Å². The van der Waals surface area contributed by atoms with E-state index in [0.29, 0.717) is 0 Å². The van der Waals surface area contributed by atoms with Gasteiger partial charge < -0.3 is 15.2 Å². The van der Waals surface area contributed by atoms with Gasteiger partial charge >= 0.3 is 0 Å². The van der Waals surface area contributed by atoms with Crippen LogP contribution in [0.2, 0.25) is 0 Å². The molecule has 0 saturated carbocycles. The lowest BCUT2D eigenvalue weighted by molar-refractivity contribution is -0.0813. The van der Waals surface area contributed by atoms with Crippen molar-refractivity contribution in [2.24, 2.45) is 0 Å². The summed E-state index contributed by atoms with van der Waals surface area (Å²) in [5.74, 6) is -0.309. The van der Waals surface area contributed by atoms with E-state index in [-0.39, 0.29) is 11.8 Å². The highest BCUT2D eigenvalue weighted by Crippen LogP contribution is 2.12. The number of ether oxygens (including phenoxy) is 2. The topological polar surface area (TPSA) is 70.3 Å². The first kappa shape index (κ1) is 3.57. The molecule has 1 aromatic heterocycles. The highest BCUT2D eigenvalue weighted by Gasteiger charge is 2.20. The summed E-state index contributed by atoms with van der Waals surface area (Å²) in [4.78, 5) is 7.20. The van der Waals surface area contributed by atoms with Crippen molar-refractivity contribution in [3.63, 3.8) is 0 Å². The van der Waals surface area contributed by atoms with Gasteiger partial charge in [0.15, 0.2) is 0 Å². The molecule has 0 bridgehead atoms. The molecule has 1 aromatic rings. The van der Waals surface area contributed by atoms with Crippen molar-refractivity contribution in [2.45, 2.75) is 6.08 Å². The Morgan fingerprint density at radius 3 is 3.33 bits per heavy atom. The third-order valence-electron chi connectivity index (χ3n) is 1.14. The quantitative estimate of drug-likeness (QED) is 0.671. The summed E-state index contributed by atoms with van der Waals surface area (Å²) in [6.07, 6.45) is -1.29. The fraction of sp³-hybridized carbons (Fsp3) is 0.429. The lowest BCUT2D eigenvalue weighted by Crippen LogP contribution is -2.38. The van der Waals surface area contributed by atoms with Gasteiger partial charge in [0.1, 0.15) is 6.08 Å². The van der Waals surface area contributed by atoms with E-state index in [1.165, 1.54) is 12.3 Å². The van der Waals surface area contributed by atoms with Crippen LogP contribution in [0.5, 0.6) is 5.88 Å². The number of nitrogen functional groups attached to an aromatic ring is 1. The second-order valence-electron chi connectivity index (χ2n) is 1.99. The number of rotatable bonds is 2. The van der Waals surface area contributed by atoms with Crippen molar-refractivity contribution in [1.82, 2.24) is 9.97 Å². The van der Waals surface area contributed by atoms with Crippen LogP contribution < -0.4 is 10.5 Å². The summed E-state index contributed by atoms with van der Waals surface area (Å²) in [5.41, 5.74) is 5.29. The average molecular weight is 172 g/mol. The first-order chi connectivity index (χ1) is 7.68. The van der Waals surface area contributed by atoms with Crippen LogP contribution >= 0.6 is 0 Å². The zero-order chi connectivity index (χ0) is 12.9. The Morgan fingerprint density at radius 2 is 2.67 bits per heavy atom. The van der Waals surface area contributed by atoms with Crippen LogP contribution in [-0.4, -0.2) is 29.2 Å². The van der Waals surface area contributed by atoms with E-state index in [9.17, 15) is 0 Å². The van der Waals surface area contributed by atoms with Crippen molar-refractivity contribution < 1.29 is 16.3 Å². The molecule has 2 heterocycles. The first-order valence-corrected chi connectivity index (χ1v) is 3.16. The van der Waals surface area contributed by atoms with Crippen molar-refractivity contribution >= 4 is 5.95 Å². The third-order valence-corrected chi connectivity index (χ3v) is 1.14. The van der Waals surface area contributed by atoms with Gasteiger partial charge in [-0.05, 0) is 0 Å². The van der Waals surface area contributed by atoms with Gasteiger partial charge in [-0.25, -0.2) is 4.98 Å². The zero-order valence-corrected chi connectivity index (χ0v) is 5.94. The lowest BCUT2D eigenvalue weighted by Gasteiger charge is -2.25. The standard InChI is InChI=1S/C7H9N3O2/c8-7-9-2-1-6(10-7)12-5-3-11-4-5/h1-2,5H,3-4H2,(H2,8,9,10)/i3D2,4D2,5D. The number of nitrogens with two attached hydrogens (primary N) is 1. The fourth-order valence-corrected chi connectivity index (χ4v) is 0.652. The molecular formula is C7H9N3O2. The molecule has 2 rings (SSSR count). The summed E-state index contributed by atoms with van der Waals surface area (Å²) < 4.78 is 46.1. The molecule has 1 fully saturated rings. The Kier molecular flexibility index (Phi) is 0.875. The van der Waals surface area contributed by atoms with Gasteiger partial charge in [0.2, 0.25) is 11.8 Å². The number of aromatic nitrogens is 2. The molecule has 1 aliphatic rings. The van der Waals surface area contributed by atoms with Crippen molar-refractivity contribution in [2.75, 3.05) is 18.9 Å². The number of anilines is 1. The molecule has 2 N–H and O–H groups in total. The normalized spacial score (nSPS) is 34.2. The molecule has 0 aliphatic carbocycles. The van der Waals surface area contributed by atoms with Crippen molar-refractivity contribution in [1.29, 1.82) is 0 Å². The molecule has 12 heavy (non-hydrogen) atoms. The van der Waals surface area contributed by atoms with E-state index in [1.54, 1.807) is 0 Å². The Bertz CT molecular complexity index is 441.